The van der Waals surface area contributed by atoms with Crippen LogP contribution < -0.4 is 5.73 Å². The van der Waals surface area contributed by atoms with Gasteiger partial charge < -0.3 is 19.8 Å². The molecule has 1 aromatic carbocycles. The summed E-state index contributed by atoms with van der Waals surface area (Å²) in [5.41, 5.74) is 10.8. The summed E-state index contributed by atoms with van der Waals surface area (Å²) in [7, 11) is 1.88. The molecule has 4 aromatic heterocycles. The zero-order valence-electron chi connectivity index (χ0n) is 22.2. The Bertz CT molecular complexity index is 1830. The molecule has 0 spiro atoms. The smallest absolute Gasteiger partial charge is 0.164 e. The molecule has 2 aliphatic rings. The van der Waals surface area contributed by atoms with Gasteiger partial charge in [-0.15, -0.1) is 0 Å². The molecular weight excluding hydrogens is 533 g/mol. The molecular formula is C29H27ClFN7O2. The molecule has 11 heteroatoms. The summed E-state index contributed by atoms with van der Waals surface area (Å²) in [6.07, 6.45) is 10.3. The van der Waals surface area contributed by atoms with E-state index < -0.39 is 5.79 Å². The van der Waals surface area contributed by atoms with Crippen molar-refractivity contribution in [2.24, 2.45) is 7.05 Å². The number of nitrogens with two attached hydrogens (primary N) is 1. The molecule has 0 radical (unpaired) electrons. The Kier molecular flexibility index (Phi) is 5.71. The van der Waals surface area contributed by atoms with E-state index in [4.69, 9.17) is 26.8 Å². The average Bonchev–Trinajstić information content (AvgIpc) is 3.67. The molecule has 0 saturated carbocycles. The van der Waals surface area contributed by atoms with Crippen LogP contribution in [0.3, 0.4) is 0 Å². The fourth-order valence-corrected chi connectivity index (χ4v) is 6.05. The van der Waals surface area contributed by atoms with Crippen molar-refractivity contribution < 1.29 is 13.9 Å². The molecule has 1 aliphatic heterocycles. The lowest BCUT2D eigenvalue weighted by Gasteiger charge is -2.22. The molecule has 1 fully saturated rings. The highest BCUT2D eigenvalue weighted by Crippen LogP contribution is 2.45. The Balaban J connectivity index is 1.22. The van der Waals surface area contributed by atoms with Crippen LogP contribution in [0.5, 0.6) is 0 Å². The van der Waals surface area contributed by atoms with E-state index in [1.165, 1.54) is 12.1 Å². The van der Waals surface area contributed by atoms with Gasteiger partial charge in [0.2, 0.25) is 0 Å². The van der Waals surface area contributed by atoms with Crippen molar-refractivity contribution in [1.82, 2.24) is 29.3 Å². The fourth-order valence-electron chi connectivity index (χ4n) is 5.89. The van der Waals surface area contributed by atoms with Crippen LogP contribution in [-0.2, 0) is 22.9 Å². The second-order valence-electron chi connectivity index (χ2n) is 10.8. The maximum absolute atomic E-state index is 14.9. The summed E-state index contributed by atoms with van der Waals surface area (Å²) in [4.78, 5) is 13.4. The fraction of sp³-hybridized carbons (Fsp3) is 0.310. The number of anilines is 1. The Labute approximate surface area is 234 Å². The quantitative estimate of drug-likeness (QED) is 0.288. The third-order valence-electron chi connectivity index (χ3n) is 7.65. The first-order valence-corrected chi connectivity index (χ1v) is 13.5. The number of nitrogen functional groups attached to an aromatic ring is 1. The number of ether oxygens (including phenoxy) is 2. The molecule has 1 saturated heterocycles. The lowest BCUT2D eigenvalue weighted by molar-refractivity contribution is -0.147. The van der Waals surface area contributed by atoms with Crippen LogP contribution in [0.1, 0.15) is 31.9 Å². The van der Waals surface area contributed by atoms with Gasteiger partial charge in [-0.25, -0.2) is 19.3 Å². The van der Waals surface area contributed by atoms with E-state index in [1.807, 2.05) is 45.4 Å². The van der Waals surface area contributed by atoms with Gasteiger partial charge in [0.05, 0.1) is 28.5 Å². The first-order valence-electron chi connectivity index (χ1n) is 13.1. The molecule has 5 heterocycles. The number of nitrogens with zero attached hydrogens (tertiary/aromatic N) is 6. The molecule has 0 bridgehead atoms. The highest BCUT2D eigenvalue weighted by atomic mass is 35.5. The Hall–Kier alpha value is -3.86. The molecule has 5 aromatic rings. The van der Waals surface area contributed by atoms with Gasteiger partial charge >= 0.3 is 0 Å². The minimum atomic E-state index is -0.734. The molecule has 3 atom stereocenters. The van der Waals surface area contributed by atoms with Gasteiger partial charge in [-0.2, -0.15) is 5.10 Å². The first kappa shape index (κ1) is 25.1. The molecule has 9 nitrogen and oxygen atoms in total. The van der Waals surface area contributed by atoms with Gasteiger partial charge in [0.25, 0.3) is 0 Å². The minimum Gasteiger partial charge on any atom is -0.382 e. The predicted octanol–water partition coefficient (Wildman–Crippen LogP) is 5.39. The summed E-state index contributed by atoms with van der Waals surface area (Å²) in [6.45, 7) is 3.85. The van der Waals surface area contributed by atoms with Gasteiger partial charge in [0, 0.05) is 35.8 Å². The SMILES string of the molecule is Cn1cc(-c2ncnc3c2ccn3[C@@H]2C=C(CCc3cc(F)c4cc(Cl)c(N)nc4c3)[C@H]3OC(C)(C)O[C@H]32)cn1. The van der Waals surface area contributed by atoms with E-state index in [9.17, 15) is 4.39 Å². The van der Waals surface area contributed by atoms with Crippen LogP contribution in [-0.4, -0.2) is 47.3 Å². The molecule has 0 amide bonds. The molecule has 0 unspecified atom stereocenters. The van der Waals surface area contributed by atoms with Crippen molar-refractivity contribution >= 4 is 39.4 Å². The van der Waals surface area contributed by atoms with E-state index in [0.29, 0.717) is 23.7 Å². The Morgan fingerprint density at radius 1 is 1.12 bits per heavy atom. The molecule has 1 aliphatic carbocycles. The number of fused-ring (bicyclic) bond motifs is 3. The van der Waals surface area contributed by atoms with E-state index in [2.05, 4.69) is 30.7 Å². The van der Waals surface area contributed by atoms with Crippen LogP contribution in [0.2, 0.25) is 5.02 Å². The highest BCUT2D eigenvalue weighted by Gasteiger charge is 2.50. The normalized spacial score (nSPS) is 21.8. The highest BCUT2D eigenvalue weighted by molar-refractivity contribution is 6.33. The van der Waals surface area contributed by atoms with Gasteiger partial charge in [-0.05, 0) is 62.1 Å². The van der Waals surface area contributed by atoms with Crippen LogP contribution in [0.4, 0.5) is 10.2 Å². The number of benzene rings is 1. The van der Waals surface area contributed by atoms with Crippen LogP contribution in [0, 0.1) is 5.82 Å². The number of aryl methyl sites for hydroxylation is 2. The lowest BCUT2D eigenvalue weighted by atomic mass is 10.0. The summed E-state index contributed by atoms with van der Waals surface area (Å²) in [5.74, 6) is -0.924. The van der Waals surface area contributed by atoms with E-state index in [1.54, 1.807) is 17.2 Å². The second kappa shape index (κ2) is 9.09. The molecule has 7 rings (SSSR count). The van der Waals surface area contributed by atoms with Crippen LogP contribution in [0.15, 0.2) is 60.8 Å². The van der Waals surface area contributed by atoms with Gasteiger partial charge in [-0.3, -0.25) is 4.68 Å². The maximum Gasteiger partial charge on any atom is 0.164 e. The van der Waals surface area contributed by atoms with Gasteiger partial charge in [0.15, 0.2) is 5.79 Å². The Morgan fingerprint density at radius 2 is 1.98 bits per heavy atom. The number of hydrogen-bond acceptors (Lipinski definition) is 7. The zero-order chi connectivity index (χ0) is 27.8. The number of halogens is 2. The van der Waals surface area contributed by atoms with Crippen molar-refractivity contribution in [2.75, 3.05) is 5.73 Å². The van der Waals surface area contributed by atoms with Crippen molar-refractivity contribution in [2.45, 2.75) is 50.7 Å². The van der Waals surface area contributed by atoms with Gasteiger partial charge in [-0.1, -0.05) is 17.7 Å². The van der Waals surface area contributed by atoms with Crippen molar-refractivity contribution in [1.29, 1.82) is 0 Å². The summed E-state index contributed by atoms with van der Waals surface area (Å²) >= 11 is 6.05. The van der Waals surface area contributed by atoms with Gasteiger partial charge in [0.1, 0.15) is 35.8 Å². The number of rotatable bonds is 5. The average molecular weight is 560 g/mol. The zero-order valence-corrected chi connectivity index (χ0v) is 22.9. The topological polar surface area (TPSA) is 106 Å². The van der Waals surface area contributed by atoms with Crippen molar-refractivity contribution in [3.05, 3.63) is 77.2 Å². The molecule has 2 N–H and O–H groups in total. The third-order valence-corrected chi connectivity index (χ3v) is 7.95. The number of aromatic nitrogens is 6. The maximum atomic E-state index is 14.9. The predicted molar refractivity (Wildman–Crippen MR) is 150 cm³/mol. The van der Waals surface area contributed by atoms with E-state index in [0.717, 1.165) is 33.4 Å². The summed E-state index contributed by atoms with van der Waals surface area (Å²) < 4.78 is 31.6. The minimum absolute atomic E-state index is 0.132. The lowest BCUT2D eigenvalue weighted by Crippen LogP contribution is -2.27. The van der Waals surface area contributed by atoms with E-state index in [-0.39, 0.29) is 34.9 Å². The first-order chi connectivity index (χ1) is 19.2. The Morgan fingerprint density at radius 3 is 2.77 bits per heavy atom. The second-order valence-corrected chi connectivity index (χ2v) is 11.2. The summed E-state index contributed by atoms with van der Waals surface area (Å²) in [5, 5.41) is 5.82. The van der Waals surface area contributed by atoms with E-state index >= 15 is 0 Å². The third kappa shape index (κ3) is 4.14. The van der Waals surface area contributed by atoms with Crippen LogP contribution in [0.25, 0.3) is 33.2 Å². The van der Waals surface area contributed by atoms with Crippen molar-refractivity contribution in [3.8, 4) is 11.3 Å². The largest absolute Gasteiger partial charge is 0.382 e. The molecule has 204 valence electrons. The monoisotopic (exact) mass is 559 g/mol. The number of hydrogen-bond donors (Lipinski definition) is 1. The standard InChI is InChI=1S/C29H27ClFN7O2/c1-29(2)39-25-16(5-4-15-8-21(31)19-11-20(30)27(32)36-22(19)9-15)10-23(26(25)40-29)38-7-6-18-24(33-14-34-28(18)38)17-12-35-37(3)13-17/h6-14,23,25-26H,4-5H2,1-3H3,(H2,32,36)/t23-,25-,26+/m1/s1. The molecule has 40 heavy (non-hydrogen) atoms. The summed E-state index contributed by atoms with van der Waals surface area (Å²) in [6, 6.07) is 6.81. The number of pyridine rings is 1. The van der Waals surface area contributed by atoms with Crippen molar-refractivity contribution in [3.63, 3.8) is 0 Å². The van der Waals surface area contributed by atoms with Crippen LogP contribution >= 0.6 is 11.6 Å².